The highest BCUT2D eigenvalue weighted by molar-refractivity contribution is 7.92. The third kappa shape index (κ3) is 3.67. The lowest BCUT2D eigenvalue weighted by Gasteiger charge is -2.33. The van der Waals surface area contributed by atoms with E-state index in [2.05, 4.69) is 24.1 Å². The minimum atomic E-state index is -3.07. The number of rotatable bonds is 5. The number of sulfone groups is 1. The number of carbonyl (C=O) groups is 1. The number of nitrogens with zero attached hydrogens (tertiary/aromatic N) is 1. The van der Waals surface area contributed by atoms with Crippen LogP contribution in [-0.2, 0) is 9.84 Å². The predicted molar refractivity (Wildman–Crippen MR) is 91.5 cm³/mol. The number of hydrogen-bond acceptors (Lipinski definition) is 5. The molecule has 6 nitrogen and oxygen atoms in total. The lowest BCUT2D eigenvalue weighted by molar-refractivity contribution is 0.0891. The van der Waals surface area contributed by atoms with Gasteiger partial charge in [0.1, 0.15) is 0 Å². The van der Waals surface area contributed by atoms with E-state index in [1.807, 2.05) is 0 Å². The van der Waals surface area contributed by atoms with Crippen LogP contribution in [-0.4, -0.2) is 55.9 Å². The average Bonchev–Trinajstić information content (AvgIpc) is 3.17. The number of nitrogens with one attached hydrogen (secondary N) is 1. The number of amides is 1. The van der Waals surface area contributed by atoms with Crippen LogP contribution >= 0.6 is 0 Å². The van der Waals surface area contributed by atoms with Gasteiger partial charge in [0, 0.05) is 25.0 Å². The normalized spacial score (nSPS) is 29.5. The molecule has 2 saturated heterocycles. The molecule has 3 rings (SSSR count). The van der Waals surface area contributed by atoms with Gasteiger partial charge >= 0.3 is 0 Å². The van der Waals surface area contributed by atoms with Gasteiger partial charge in [0.05, 0.1) is 17.3 Å². The third-order valence-corrected chi connectivity index (χ3v) is 7.39. The topological polar surface area (TPSA) is 79.6 Å². The summed E-state index contributed by atoms with van der Waals surface area (Å²) in [4.78, 5) is 14.5. The van der Waals surface area contributed by atoms with Gasteiger partial charge in [-0.1, -0.05) is 13.8 Å². The minimum Gasteiger partial charge on any atom is -0.459 e. The van der Waals surface area contributed by atoms with E-state index in [0.717, 1.165) is 19.5 Å². The van der Waals surface area contributed by atoms with Gasteiger partial charge < -0.3 is 14.6 Å². The van der Waals surface area contributed by atoms with Crippen molar-refractivity contribution in [1.82, 2.24) is 10.2 Å². The van der Waals surface area contributed by atoms with E-state index < -0.39 is 9.84 Å². The first kappa shape index (κ1) is 17.5. The van der Waals surface area contributed by atoms with Gasteiger partial charge in [-0.3, -0.25) is 4.79 Å². The summed E-state index contributed by atoms with van der Waals surface area (Å²) >= 11 is 0. The third-order valence-electron chi connectivity index (χ3n) is 5.16. The van der Waals surface area contributed by atoms with Crippen LogP contribution in [0.1, 0.15) is 37.2 Å². The summed E-state index contributed by atoms with van der Waals surface area (Å²) in [6, 6.07) is 3.18. The molecule has 0 bridgehead atoms. The van der Waals surface area contributed by atoms with Crippen molar-refractivity contribution in [3.05, 3.63) is 24.2 Å². The van der Waals surface area contributed by atoms with Crippen LogP contribution in [0, 0.1) is 11.8 Å². The molecule has 0 unspecified atom stereocenters. The van der Waals surface area contributed by atoms with Crippen LogP contribution in [0.5, 0.6) is 0 Å². The van der Waals surface area contributed by atoms with E-state index in [4.69, 9.17) is 4.42 Å². The molecule has 2 fully saturated rings. The zero-order valence-corrected chi connectivity index (χ0v) is 15.1. The fourth-order valence-electron chi connectivity index (χ4n) is 3.75. The quantitative estimate of drug-likeness (QED) is 0.868. The van der Waals surface area contributed by atoms with Crippen molar-refractivity contribution < 1.29 is 17.6 Å². The number of carbonyl (C=O) groups excluding carboxylic acids is 1. The van der Waals surface area contributed by atoms with Gasteiger partial charge in [-0.05, 0) is 37.4 Å². The van der Waals surface area contributed by atoms with Crippen molar-refractivity contribution >= 4 is 15.7 Å². The molecule has 7 heteroatoms. The van der Waals surface area contributed by atoms with E-state index in [1.165, 1.54) is 6.26 Å². The molecule has 2 aliphatic rings. The standard InChI is InChI=1S/C17H26N2O4S/c1-12(2)5-7-19-10-13-14(6-9-24(21,22)16(13)11-19)18-17(20)15-4-3-8-23-15/h3-4,8,12-14,16H,5-7,9-11H2,1-2H3,(H,18,20)/t13-,14-,16-/m1/s1. The molecule has 134 valence electrons. The summed E-state index contributed by atoms with van der Waals surface area (Å²) in [5.74, 6) is 0.724. The first-order chi connectivity index (χ1) is 11.4. The van der Waals surface area contributed by atoms with Gasteiger partial charge in [0.15, 0.2) is 15.6 Å². The zero-order valence-electron chi connectivity index (χ0n) is 14.3. The Hall–Kier alpha value is -1.34. The van der Waals surface area contributed by atoms with Crippen molar-refractivity contribution in [3.8, 4) is 0 Å². The van der Waals surface area contributed by atoms with Crippen LogP contribution < -0.4 is 5.32 Å². The lowest BCUT2D eigenvalue weighted by Crippen LogP contribution is -2.51. The van der Waals surface area contributed by atoms with E-state index in [-0.39, 0.29) is 34.6 Å². The second-order valence-corrected chi connectivity index (χ2v) is 9.70. The van der Waals surface area contributed by atoms with Crippen molar-refractivity contribution in [2.24, 2.45) is 11.8 Å². The first-order valence-electron chi connectivity index (χ1n) is 8.65. The predicted octanol–water partition coefficient (Wildman–Crippen LogP) is 1.54. The van der Waals surface area contributed by atoms with E-state index in [1.54, 1.807) is 12.1 Å². The summed E-state index contributed by atoms with van der Waals surface area (Å²) in [6.45, 7) is 6.59. The molecule has 0 spiro atoms. The molecule has 24 heavy (non-hydrogen) atoms. The maximum atomic E-state index is 12.4. The Balaban J connectivity index is 1.69. The molecule has 0 aromatic carbocycles. The number of likely N-dealkylation sites (tertiary alicyclic amines) is 1. The molecule has 3 atom stereocenters. The maximum Gasteiger partial charge on any atom is 0.287 e. The van der Waals surface area contributed by atoms with E-state index in [9.17, 15) is 13.2 Å². The Kier molecular flexibility index (Phi) is 5.01. The van der Waals surface area contributed by atoms with Gasteiger partial charge in [-0.2, -0.15) is 0 Å². The molecule has 1 amide bonds. The van der Waals surface area contributed by atoms with Crippen molar-refractivity contribution in [1.29, 1.82) is 0 Å². The Labute approximate surface area is 143 Å². The van der Waals surface area contributed by atoms with Crippen molar-refractivity contribution in [3.63, 3.8) is 0 Å². The van der Waals surface area contributed by atoms with Gasteiger partial charge in [0.25, 0.3) is 5.91 Å². The zero-order chi connectivity index (χ0) is 17.3. The largest absolute Gasteiger partial charge is 0.459 e. The molecule has 0 radical (unpaired) electrons. The highest BCUT2D eigenvalue weighted by atomic mass is 32.2. The van der Waals surface area contributed by atoms with Crippen LogP contribution in [0.2, 0.25) is 0 Å². The molecule has 0 saturated carbocycles. The average molecular weight is 354 g/mol. The Morgan fingerprint density at radius 1 is 1.42 bits per heavy atom. The highest BCUT2D eigenvalue weighted by Gasteiger charge is 2.48. The van der Waals surface area contributed by atoms with Gasteiger partial charge in [0.2, 0.25) is 0 Å². The summed E-state index contributed by atoms with van der Waals surface area (Å²) in [5.41, 5.74) is 0. The Morgan fingerprint density at radius 2 is 2.21 bits per heavy atom. The number of fused-ring (bicyclic) bond motifs is 1. The van der Waals surface area contributed by atoms with Crippen LogP contribution in [0.4, 0.5) is 0 Å². The molecule has 3 heterocycles. The second kappa shape index (κ2) is 6.88. The molecule has 2 aliphatic heterocycles. The van der Waals surface area contributed by atoms with Crippen molar-refractivity contribution in [2.75, 3.05) is 25.4 Å². The maximum absolute atomic E-state index is 12.4. The molecule has 1 aromatic rings. The van der Waals surface area contributed by atoms with Gasteiger partial charge in [-0.15, -0.1) is 0 Å². The number of hydrogen-bond donors (Lipinski definition) is 1. The fourth-order valence-corrected chi connectivity index (χ4v) is 5.88. The summed E-state index contributed by atoms with van der Waals surface area (Å²) in [7, 11) is -3.07. The van der Waals surface area contributed by atoms with Crippen LogP contribution in [0.25, 0.3) is 0 Å². The monoisotopic (exact) mass is 354 g/mol. The van der Waals surface area contributed by atoms with Crippen LogP contribution in [0.15, 0.2) is 22.8 Å². The van der Waals surface area contributed by atoms with E-state index >= 15 is 0 Å². The summed E-state index contributed by atoms with van der Waals surface area (Å²) in [5, 5.41) is 2.63. The molecular weight excluding hydrogens is 328 g/mol. The van der Waals surface area contributed by atoms with Gasteiger partial charge in [-0.25, -0.2) is 8.42 Å². The summed E-state index contributed by atoms with van der Waals surface area (Å²) in [6.07, 6.45) is 3.00. The summed E-state index contributed by atoms with van der Waals surface area (Å²) < 4.78 is 30.0. The Morgan fingerprint density at radius 3 is 2.88 bits per heavy atom. The smallest absolute Gasteiger partial charge is 0.287 e. The molecule has 1 aromatic heterocycles. The SMILES string of the molecule is CC(C)CCN1C[C@H]2[C@@H](C1)S(=O)(=O)CC[C@H]2NC(=O)c1ccco1. The second-order valence-electron chi connectivity index (χ2n) is 7.36. The van der Waals surface area contributed by atoms with Crippen molar-refractivity contribution in [2.45, 2.75) is 38.0 Å². The highest BCUT2D eigenvalue weighted by Crippen LogP contribution is 2.33. The molecular formula is C17H26N2O4S. The van der Waals surface area contributed by atoms with Crippen LogP contribution in [0.3, 0.4) is 0 Å². The number of furan rings is 1. The fraction of sp³-hybridized carbons (Fsp3) is 0.706. The first-order valence-corrected chi connectivity index (χ1v) is 10.4. The Bertz CT molecular complexity index is 669. The molecule has 0 aliphatic carbocycles. The molecule has 1 N–H and O–H groups in total. The lowest BCUT2D eigenvalue weighted by atomic mass is 9.95. The van der Waals surface area contributed by atoms with E-state index in [0.29, 0.717) is 18.9 Å². The minimum absolute atomic E-state index is 0.0326.